The van der Waals surface area contributed by atoms with E-state index in [2.05, 4.69) is 0 Å². The molecule has 0 aliphatic rings. The molecule has 178 valence electrons. The van der Waals surface area contributed by atoms with Crippen molar-refractivity contribution in [3.8, 4) is 22.3 Å². The van der Waals surface area contributed by atoms with Gasteiger partial charge in [0.25, 0.3) is 0 Å². The molecule has 0 spiro atoms. The zero-order valence-corrected chi connectivity index (χ0v) is 19.1. The second kappa shape index (κ2) is 9.38. The van der Waals surface area contributed by atoms with Crippen molar-refractivity contribution in [2.75, 3.05) is 12.0 Å². The monoisotopic (exact) mass is 481 g/mol. The van der Waals surface area contributed by atoms with Gasteiger partial charge in [0.05, 0.1) is 18.4 Å². The molecule has 1 heterocycles. The van der Waals surface area contributed by atoms with E-state index in [1.807, 2.05) is 42.5 Å². The smallest absolute Gasteiger partial charge is 0.421 e. The fraction of sp³-hybridized carbons (Fsp3) is 0.0345. The molecule has 0 aliphatic heterocycles. The molecule has 0 bridgehead atoms. The number of aromatic carboxylic acids is 1. The Labute approximate surface area is 205 Å². The first-order valence-corrected chi connectivity index (χ1v) is 11.0. The van der Waals surface area contributed by atoms with E-state index in [9.17, 15) is 19.1 Å². The maximum Gasteiger partial charge on any atom is 0.421 e. The maximum atomic E-state index is 13.3. The number of carboxylic acids is 1. The zero-order chi connectivity index (χ0) is 25.2. The molecule has 5 rings (SSSR count). The molecule has 1 N–H and O–H groups in total. The van der Waals surface area contributed by atoms with Crippen LogP contribution in [-0.2, 0) is 4.74 Å². The van der Waals surface area contributed by atoms with Gasteiger partial charge in [-0.1, -0.05) is 54.6 Å². The number of anilines is 2. The Morgan fingerprint density at radius 2 is 1.44 bits per heavy atom. The van der Waals surface area contributed by atoms with E-state index in [0.717, 1.165) is 21.6 Å². The molecule has 7 heteroatoms. The number of nitrogens with zero attached hydrogens (tertiary/aromatic N) is 1. The fourth-order valence-electron chi connectivity index (χ4n) is 4.07. The van der Waals surface area contributed by atoms with Crippen LogP contribution in [0.3, 0.4) is 0 Å². The lowest BCUT2D eigenvalue weighted by molar-refractivity contribution is 0.0698. The van der Waals surface area contributed by atoms with Gasteiger partial charge >= 0.3 is 12.1 Å². The minimum Gasteiger partial charge on any atom is -0.478 e. The first-order valence-electron chi connectivity index (χ1n) is 11.0. The van der Waals surface area contributed by atoms with Crippen LogP contribution in [0.1, 0.15) is 10.4 Å². The molecule has 1 aromatic heterocycles. The number of hydrogen-bond acceptors (Lipinski definition) is 4. The summed E-state index contributed by atoms with van der Waals surface area (Å²) >= 11 is 0. The first kappa shape index (κ1) is 22.9. The van der Waals surface area contributed by atoms with Crippen molar-refractivity contribution in [2.45, 2.75) is 0 Å². The number of ether oxygens (including phenoxy) is 1. The molecule has 0 saturated heterocycles. The molecule has 0 saturated carbocycles. The summed E-state index contributed by atoms with van der Waals surface area (Å²) in [5.74, 6) is -1.43. The lowest BCUT2D eigenvalue weighted by Gasteiger charge is -2.21. The summed E-state index contributed by atoms with van der Waals surface area (Å²) in [4.78, 5) is 26.2. The van der Waals surface area contributed by atoms with Gasteiger partial charge in [0, 0.05) is 11.5 Å². The summed E-state index contributed by atoms with van der Waals surface area (Å²) in [6.07, 6.45) is -0.803. The highest BCUT2D eigenvalue weighted by molar-refractivity contribution is 6.05. The number of amides is 1. The second-order valence-corrected chi connectivity index (χ2v) is 8.05. The third-order valence-corrected chi connectivity index (χ3v) is 5.83. The van der Waals surface area contributed by atoms with Crippen LogP contribution in [0.2, 0.25) is 0 Å². The molecule has 0 atom stereocenters. The molecule has 36 heavy (non-hydrogen) atoms. The normalized spacial score (nSPS) is 10.8. The summed E-state index contributed by atoms with van der Waals surface area (Å²) in [5.41, 5.74) is 3.68. The highest BCUT2D eigenvalue weighted by atomic mass is 19.1. The van der Waals surface area contributed by atoms with Crippen LogP contribution in [0.4, 0.5) is 20.8 Å². The van der Waals surface area contributed by atoms with Crippen molar-refractivity contribution in [3.05, 3.63) is 108 Å². The summed E-state index contributed by atoms with van der Waals surface area (Å²) in [6, 6.07) is 27.3. The molecule has 0 fully saturated rings. The number of hydrogen-bond donors (Lipinski definition) is 1. The number of carbonyl (C=O) groups is 2. The minimum atomic E-state index is -1.20. The summed E-state index contributed by atoms with van der Waals surface area (Å²) in [6.45, 7) is 0. The van der Waals surface area contributed by atoms with Gasteiger partial charge in [-0.3, -0.25) is 0 Å². The lowest BCUT2D eigenvalue weighted by Crippen LogP contribution is -2.27. The van der Waals surface area contributed by atoms with Gasteiger partial charge < -0.3 is 14.3 Å². The van der Waals surface area contributed by atoms with Gasteiger partial charge in [0.1, 0.15) is 11.4 Å². The number of carboxylic acid groups (broad SMARTS) is 1. The molecular weight excluding hydrogens is 461 g/mol. The Morgan fingerprint density at radius 3 is 2.14 bits per heavy atom. The number of fused-ring (bicyclic) bond motifs is 1. The standard InChI is InChI=1S/C29H20FNO5/c1-35-29(34)31(25-13-9-21(16-24(25)28(32)33)18-5-3-2-4-6-18)27-17-22-15-20(10-14-26(22)36-27)19-7-11-23(30)12-8-19/h2-17H,1H3,(H,32,33). The van der Waals surface area contributed by atoms with Crippen LogP contribution in [0, 0.1) is 5.82 Å². The molecule has 5 aromatic rings. The highest BCUT2D eigenvalue weighted by Gasteiger charge is 2.27. The lowest BCUT2D eigenvalue weighted by atomic mass is 10.0. The van der Waals surface area contributed by atoms with Crippen LogP contribution >= 0.6 is 0 Å². The Balaban J connectivity index is 1.61. The third kappa shape index (κ3) is 4.30. The molecule has 6 nitrogen and oxygen atoms in total. The third-order valence-electron chi connectivity index (χ3n) is 5.83. The Morgan fingerprint density at radius 1 is 0.806 bits per heavy atom. The average Bonchev–Trinajstić information content (AvgIpc) is 3.32. The quantitative estimate of drug-likeness (QED) is 0.281. The van der Waals surface area contributed by atoms with Crippen LogP contribution in [0.25, 0.3) is 33.2 Å². The predicted molar refractivity (Wildman–Crippen MR) is 135 cm³/mol. The van der Waals surface area contributed by atoms with Gasteiger partial charge in [-0.15, -0.1) is 0 Å². The van der Waals surface area contributed by atoms with E-state index >= 15 is 0 Å². The van der Waals surface area contributed by atoms with Crippen molar-refractivity contribution >= 4 is 34.6 Å². The van der Waals surface area contributed by atoms with Crippen molar-refractivity contribution in [3.63, 3.8) is 0 Å². The second-order valence-electron chi connectivity index (χ2n) is 8.05. The number of halogens is 1. The Bertz CT molecular complexity index is 1580. The largest absolute Gasteiger partial charge is 0.478 e. The Kier molecular flexibility index (Phi) is 5.96. The van der Waals surface area contributed by atoms with E-state index in [4.69, 9.17) is 9.15 Å². The van der Waals surface area contributed by atoms with Crippen molar-refractivity contribution in [1.82, 2.24) is 0 Å². The van der Waals surface area contributed by atoms with E-state index < -0.39 is 12.1 Å². The van der Waals surface area contributed by atoms with Crippen molar-refractivity contribution < 1.29 is 28.2 Å². The van der Waals surface area contributed by atoms with Crippen LogP contribution < -0.4 is 4.90 Å². The number of rotatable bonds is 5. The molecule has 0 radical (unpaired) electrons. The number of carbonyl (C=O) groups excluding carboxylic acids is 1. The van der Waals surface area contributed by atoms with E-state index in [-0.39, 0.29) is 23.0 Å². The van der Waals surface area contributed by atoms with Crippen LogP contribution in [-0.4, -0.2) is 24.3 Å². The average molecular weight is 481 g/mol. The van der Waals surface area contributed by atoms with Gasteiger partial charge in [-0.05, 0) is 58.7 Å². The maximum absolute atomic E-state index is 13.3. The highest BCUT2D eigenvalue weighted by Crippen LogP contribution is 2.37. The van der Waals surface area contributed by atoms with E-state index in [1.54, 1.807) is 36.4 Å². The van der Waals surface area contributed by atoms with Crippen LogP contribution in [0.15, 0.2) is 101 Å². The first-order chi connectivity index (χ1) is 17.4. The summed E-state index contributed by atoms with van der Waals surface area (Å²) in [5, 5.41) is 10.7. The van der Waals surface area contributed by atoms with E-state index in [1.165, 1.54) is 25.3 Å². The van der Waals surface area contributed by atoms with Gasteiger partial charge in [-0.2, -0.15) is 0 Å². The number of benzene rings is 4. The number of furan rings is 1. The number of methoxy groups -OCH3 is 1. The van der Waals surface area contributed by atoms with Gasteiger partial charge in [-0.25, -0.2) is 18.9 Å². The molecule has 0 aliphatic carbocycles. The van der Waals surface area contributed by atoms with E-state index in [0.29, 0.717) is 16.5 Å². The zero-order valence-electron chi connectivity index (χ0n) is 19.1. The van der Waals surface area contributed by atoms with Crippen molar-refractivity contribution in [2.24, 2.45) is 0 Å². The molecule has 0 unspecified atom stereocenters. The molecule has 1 amide bonds. The summed E-state index contributed by atoms with van der Waals surface area (Å²) < 4.78 is 24.2. The predicted octanol–water partition coefficient (Wildman–Crippen LogP) is 7.51. The van der Waals surface area contributed by atoms with Crippen molar-refractivity contribution in [1.29, 1.82) is 0 Å². The molecular formula is C29H20FNO5. The SMILES string of the molecule is COC(=O)N(c1cc2cc(-c3ccc(F)cc3)ccc2o1)c1ccc(-c2ccccc2)cc1C(=O)O. The van der Waals surface area contributed by atoms with Gasteiger partial charge in [0.2, 0.25) is 5.88 Å². The summed E-state index contributed by atoms with van der Waals surface area (Å²) in [7, 11) is 1.21. The fourth-order valence-corrected chi connectivity index (χ4v) is 4.07. The van der Waals surface area contributed by atoms with Gasteiger partial charge in [0.15, 0.2) is 0 Å². The molecule has 4 aromatic carbocycles. The Hall–Kier alpha value is -4.91. The van der Waals surface area contributed by atoms with Crippen LogP contribution in [0.5, 0.6) is 0 Å². The topological polar surface area (TPSA) is 80.0 Å². The minimum absolute atomic E-state index is 0.0887.